The average molecular weight is 327 g/mol. The third-order valence-electron chi connectivity index (χ3n) is 3.32. The molecule has 2 heterocycles. The predicted octanol–water partition coefficient (Wildman–Crippen LogP) is 1.45. The highest BCUT2D eigenvalue weighted by molar-refractivity contribution is 7.90. The summed E-state index contributed by atoms with van der Waals surface area (Å²) in [7, 11) is -3.60. The lowest BCUT2D eigenvalue weighted by molar-refractivity contribution is 0.362. The van der Waals surface area contributed by atoms with E-state index in [1.54, 1.807) is 24.4 Å². The number of anilines is 1. The van der Waals surface area contributed by atoms with Gasteiger partial charge in [0.15, 0.2) is 0 Å². The van der Waals surface area contributed by atoms with Crippen LogP contribution in [0.3, 0.4) is 0 Å². The van der Waals surface area contributed by atoms with Crippen LogP contribution in [0.4, 0.5) is 5.69 Å². The predicted molar refractivity (Wildman–Crippen MR) is 83.7 cm³/mol. The molecule has 1 aliphatic heterocycles. The van der Waals surface area contributed by atoms with Crippen molar-refractivity contribution in [2.24, 2.45) is 0 Å². The molecule has 1 aliphatic rings. The minimum Gasteiger partial charge on any atom is -0.314 e. The number of halogens is 1. The fourth-order valence-corrected chi connectivity index (χ4v) is 3.77. The van der Waals surface area contributed by atoms with Crippen LogP contribution in [0.25, 0.3) is 10.9 Å². The van der Waals surface area contributed by atoms with Gasteiger partial charge in [-0.3, -0.25) is 9.71 Å². The van der Waals surface area contributed by atoms with Gasteiger partial charge in [-0.05, 0) is 18.2 Å². The second kappa shape index (κ2) is 5.76. The molecule has 6 nitrogen and oxygen atoms in total. The van der Waals surface area contributed by atoms with Crippen molar-refractivity contribution in [2.45, 2.75) is 0 Å². The molecule has 0 aliphatic carbocycles. The van der Waals surface area contributed by atoms with Crippen molar-refractivity contribution in [3.63, 3.8) is 0 Å². The molecule has 0 amide bonds. The molecule has 3 rings (SSSR count). The van der Waals surface area contributed by atoms with Gasteiger partial charge in [-0.15, -0.1) is 0 Å². The van der Waals surface area contributed by atoms with Gasteiger partial charge in [0.2, 0.25) is 0 Å². The summed E-state index contributed by atoms with van der Waals surface area (Å²) < 4.78 is 28.9. The molecule has 1 fully saturated rings. The molecule has 0 saturated carbocycles. The normalized spacial score (nSPS) is 17.0. The third-order valence-corrected chi connectivity index (χ3v) is 5.07. The van der Waals surface area contributed by atoms with Gasteiger partial charge in [-0.2, -0.15) is 12.7 Å². The Balaban J connectivity index is 1.97. The molecule has 2 N–H and O–H groups in total. The molecule has 2 aromatic rings. The first-order valence-electron chi connectivity index (χ1n) is 6.59. The highest BCUT2D eigenvalue weighted by Crippen LogP contribution is 2.27. The van der Waals surface area contributed by atoms with E-state index in [1.807, 2.05) is 6.07 Å². The minimum atomic E-state index is -3.60. The zero-order valence-corrected chi connectivity index (χ0v) is 12.8. The maximum Gasteiger partial charge on any atom is 0.301 e. The maximum absolute atomic E-state index is 12.4. The number of benzene rings is 1. The second-order valence-corrected chi connectivity index (χ2v) is 6.89. The quantitative estimate of drug-likeness (QED) is 0.895. The summed E-state index contributed by atoms with van der Waals surface area (Å²) in [6.07, 6.45) is 1.62. The van der Waals surface area contributed by atoms with Crippen LogP contribution in [-0.4, -0.2) is 43.9 Å². The summed E-state index contributed by atoms with van der Waals surface area (Å²) in [5.41, 5.74) is 0.984. The van der Waals surface area contributed by atoms with Crippen LogP contribution >= 0.6 is 11.6 Å². The van der Waals surface area contributed by atoms with Crippen LogP contribution < -0.4 is 10.0 Å². The Morgan fingerprint density at radius 3 is 2.81 bits per heavy atom. The number of piperazine rings is 1. The van der Waals surface area contributed by atoms with E-state index in [1.165, 1.54) is 4.31 Å². The topological polar surface area (TPSA) is 74.3 Å². The number of nitrogens with zero attached hydrogens (tertiary/aromatic N) is 2. The van der Waals surface area contributed by atoms with E-state index in [-0.39, 0.29) is 0 Å². The molecule has 0 spiro atoms. The highest BCUT2D eigenvalue weighted by Gasteiger charge is 2.24. The van der Waals surface area contributed by atoms with Crippen LogP contribution in [0.15, 0.2) is 30.5 Å². The Bertz CT molecular complexity index is 760. The fraction of sp³-hybridized carbons (Fsp3) is 0.308. The van der Waals surface area contributed by atoms with Crippen LogP contribution in [0.2, 0.25) is 5.02 Å². The minimum absolute atomic E-state index is 0.400. The number of fused-ring (bicyclic) bond motifs is 1. The Morgan fingerprint density at radius 2 is 2.05 bits per heavy atom. The molecule has 0 unspecified atom stereocenters. The first kappa shape index (κ1) is 14.5. The highest BCUT2D eigenvalue weighted by atomic mass is 35.5. The van der Waals surface area contributed by atoms with E-state index >= 15 is 0 Å². The summed E-state index contributed by atoms with van der Waals surface area (Å²) in [6.45, 7) is 2.19. The summed E-state index contributed by atoms with van der Waals surface area (Å²) in [5.74, 6) is 0. The number of pyridine rings is 1. The lowest BCUT2D eigenvalue weighted by atomic mass is 10.2. The fourth-order valence-electron chi connectivity index (χ4n) is 2.32. The van der Waals surface area contributed by atoms with Crippen molar-refractivity contribution in [1.82, 2.24) is 14.6 Å². The smallest absolute Gasteiger partial charge is 0.301 e. The van der Waals surface area contributed by atoms with Crippen molar-refractivity contribution in [2.75, 3.05) is 30.9 Å². The number of nitrogens with one attached hydrogen (secondary N) is 2. The Hall–Kier alpha value is -1.41. The van der Waals surface area contributed by atoms with Gasteiger partial charge < -0.3 is 5.32 Å². The van der Waals surface area contributed by atoms with E-state index in [0.29, 0.717) is 42.4 Å². The molecule has 1 aromatic carbocycles. The van der Waals surface area contributed by atoms with Gasteiger partial charge >= 0.3 is 10.2 Å². The molecule has 8 heteroatoms. The zero-order valence-electron chi connectivity index (χ0n) is 11.2. The molecule has 0 bridgehead atoms. The van der Waals surface area contributed by atoms with Crippen molar-refractivity contribution in [3.8, 4) is 0 Å². The summed E-state index contributed by atoms with van der Waals surface area (Å²) in [6, 6.07) is 6.97. The first-order chi connectivity index (χ1) is 10.1. The van der Waals surface area contributed by atoms with Crippen LogP contribution in [0.1, 0.15) is 0 Å². The van der Waals surface area contributed by atoms with Gasteiger partial charge in [0.05, 0.1) is 11.2 Å². The molecule has 0 atom stereocenters. The van der Waals surface area contributed by atoms with Gasteiger partial charge in [0.1, 0.15) is 0 Å². The van der Waals surface area contributed by atoms with E-state index in [0.717, 1.165) is 5.39 Å². The van der Waals surface area contributed by atoms with Crippen molar-refractivity contribution >= 4 is 38.4 Å². The molecule has 1 saturated heterocycles. The van der Waals surface area contributed by atoms with Crippen molar-refractivity contribution < 1.29 is 8.42 Å². The van der Waals surface area contributed by atoms with Gasteiger partial charge in [0.25, 0.3) is 0 Å². The van der Waals surface area contributed by atoms with Crippen molar-refractivity contribution in [3.05, 3.63) is 35.5 Å². The zero-order chi connectivity index (χ0) is 14.9. The number of aromatic nitrogens is 1. The SMILES string of the molecule is O=S(=O)(Nc1cc(Cl)cc2cccnc12)N1CCNCC1. The summed E-state index contributed by atoms with van der Waals surface area (Å²) >= 11 is 6.05. The Labute approximate surface area is 128 Å². The molecular weight excluding hydrogens is 312 g/mol. The van der Waals surface area contributed by atoms with Crippen LogP contribution in [0, 0.1) is 0 Å². The van der Waals surface area contributed by atoms with Gasteiger partial charge in [0, 0.05) is 42.8 Å². The Morgan fingerprint density at radius 1 is 1.29 bits per heavy atom. The molecule has 0 radical (unpaired) electrons. The third kappa shape index (κ3) is 3.11. The standard InChI is InChI=1S/C13H15ClN4O2S/c14-11-8-10-2-1-3-16-13(10)12(9-11)17-21(19,20)18-6-4-15-5-7-18/h1-3,8-9,15,17H,4-7H2. The van der Waals surface area contributed by atoms with Crippen LogP contribution in [0.5, 0.6) is 0 Å². The second-order valence-electron chi connectivity index (χ2n) is 4.78. The maximum atomic E-state index is 12.4. The largest absolute Gasteiger partial charge is 0.314 e. The van der Waals surface area contributed by atoms with E-state index in [2.05, 4.69) is 15.0 Å². The van der Waals surface area contributed by atoms with Gasteiger partial charge in [-0.25, -0.2) is 0 Å². The molecule has 21 heavy (non-hydrogen) atoms. The first-order valence-corrected chi connectivity index (χ1v) is 8.41. The monoisotopic (exact) mass is 326 g/mol. The summed E-state index contributed by atoms with van der Waals surface area (Å²) in [4.78, 5) is 4.24. The molecule has 112 valence electrons. The number of hydrogen-bond donors (Lipinski definition) is 2. The van der Waals surface area contributed by atoms with Crippen molar-refractivity contribution in [1.29, 1.82) is 0 Å². The summed E-state index contributed by atoms with van der Waals surface area (Å²) in [5, 5.41) is 4.38. The van der Waals surface area contributed by atoms with E-state index in [9.17, 15) is 8.42 Å². The average Bonchev–Trinajstić information content (AvgIpc) is 2.47. The molecule has 1 aromatic heterocycles. The molecular formula is C13H15ClN4O2S. The Kier molecular flexibility index (Phi) is 3.99. The number of hydrogen-bond acceptors (Lipinski definition) is 4. The van der Waals surface area contributed by atoms with E-state index in [4.69, 9.17) is 11.6 Å². The lowest BCUT2D eigenvalue weighted by Crippen LogP contribution is -2.48. The lowest BCUT2D eigenvalue weighted by Gasteiger charge is -2.27. The van der Waals surface area contributed by atoms with Crippen LogP contribution in [-0.2, 0) is 10.2 Å². The van der Waals surface area contributed by atoms with E-state index < -0.39 is 10.2 Å². The van der Waals surface area contributed by atoms with Gasteiger partial charge in [-0.1, -0.05) is 17.7 Å². The number of rotatable bonds is 3.